The largest absolute Gasteiger partial charge is 0.355 e. The highest BCUT2D eigenvalue weighted by atomic mass is 16.1. The maximum atomic E-state index is 11.5. The van der Waals surface area contributed by atoms with E-state index in [1.54, 1.807) is 0 Å². The minimum atomic E-state index is -0.111. The van der Waals surface area contributed by atoms with Crippen LogP contribution in [0.3, 0.4) is 0 Å². The summed E-state index contributed by atoms with van der Waals surface area (Å²) in [5.74, 6) is 6.48. The average Bonchev–Trinajstić information content (AvgIpc) is 2.54. The van der Waals surface area contributed by atoms with Crippen LogP contribution in [0.15, 0.2) is 0 Å². The average molecular weight is 294 g/mol. The SMILES string of the molecule is CCNC(=O)CNc1nc(NN)nc(N2CCCCC2)n1. The molecule has 0 spiro atoms. The lowest BCUT2D eigenvalue weighted by atomic mass is 10.1. The molecule has 0 saturated carbocycles. The second-order valence-corrected chi connectivity index (χ2v) is 4.78. The highest BCUT2D eigenvalue weighted by Gasteiger charge is 2.16. The Morgan fingerprint density at radius 1 is 1.19 bits per heavy atom. The molecule has 0 aromatic carbocycles. The number of amides is 1. The van der Waals surface area contributed by atoms with E-state index in [2.05, 4.69) is 35.9 Å². The van der Waals surface area contributed by atoms with Crippen molar-refractivity contribution in [1.82, 2.24) is 20.3 Å². The lowest BCUT2D eigenvalue weighted by Gasteiger charge is -2.26. The molecule has 1 aliphatic heterocycles. The van der Waals surface area contributed by atoms with Crippen LogP contribution in [-0.4, -0.2) is 47.0 Å². The van der Waals surface area contributed by atoms with Gasteiger partial charge in [-0.25, -0.2) is 5.84 Å². The molecule has 1 saturated heterocycles. The normalized spacial score (nSPS) is 14.7. The zero-order valence-electron chi connectivity index (χ0n) is 12.2. The zero-order valence-corrected chi connectivity index (χ0v) is 12.2. The molecule has 0 bridgehead atoms. The number of nitrogens with two attached hydrogens (primary N) is 1. The molecule has 0 unspecified atom stereocenters. The molecule has 21 heavy (non-hydrogen) atoms. The van der Waals surface area contributed by atoms with Crippen molar-refractivity contribution in [2.24, 2.45) is 5.84 Å². The number of hydrogen-bond acceptors (Lipinski definition) is 8. The van der Waals surface area contributed by atoms with Crippen molar-refractivity contribution in [1.29, 1.82) is 0 Å². The Hall–Kier alpha value is -2.16. The predicted octanol–water partition coefficient (Wildman–Crippen LogP) is -0.304. The van der Waals surface area contributed by atoms with Crippen molar-refractivity contribution in [2.45, 2.75) is 26.2 Å². The number of carbonyl (C=O) groups is 1. The fourth-order valence-electron chi connectivity index (χ4n) is 2.16. The van der Waals surface area contributed by atoms with Crippen LogP contribution >= 0.6 is 0 Å². The minimum Gasteiger partial charge on any atom is -0.355 e. The lowest BCUT2D eigenvalue weighted by Crippen LogP contribution is -2.33. The first-order chi connectivity index (χ1) is 10.2. The first-order valence-corrected chi connectivity index (χ1v) is 7.21. The smallest absolute Gasteiger partial charge is 0.243 e. The minimum absolute atomic E-state index is 0.111. The number of rotatable bonds is 6. The van der Waals surface area contributed by atoms with Crippen molar-refractivity contribution in [3.63, 3.8) is 0 Å². The monoisotopic (exact) mass is 294 g/mol. The quantitative estimate of drug-likeness (QED) is 0.416. The van der Waals surface area contributed by atoms with Gasteiger partial charge in [0.25, 0.3) is 0 Å². The van der Waals surface area contributed by atoms with E-state index in [0.29, 0.717) is 18.4 Å². The van der Waals surface area contributed by atoms with E-state index in [4.69, 9.17) is 5.84 Å². The fourth-order valence-corrected chi connectivity index (χ4v) is 2.16. The summed E-state index contributed by atoms with van der Waals surface area (Å²) in [6.07, 6.45) is 3.48. The Morgan fingerprint density at radius 2 is 1.90 bits per heavy atom. The van der Waals surface area contributed by atoms with Crippen LogP contribution in [0.25, 0.3) is 0 Å². The van der Waals surface area contributed by atoms with E-state index in [0.717, 1.165) is 25.9 Å². The van der Waals surface area contributed by atoms with Gasteiger partial charge in [0.05, 0.1) is 6.54 Å². The van der Waals surface area contributed by atoms with Crippen LogP contribution in [0.5, 0.6) is 0 Å². The third-order valence-electron chi connectivity index (χ3n) is 3.17. The number of piperidine rings is 1. The summed E-state index contributed by atoms with van der Waals surface area (Å²) in [6.45, 7) is 4.41. The number of hydrazine groups is 1. The lowest BCUT2D eigenvalue weighted by molar-refractivity contribution is -0.119. The summed E-state index contributed by atoms with van der Waals surface area (Å²) in [4.78, 5) is 26.3. The van der Waals surface area contributed by atoms with Gasteiger partial charge in [-0.3, -0.25) is 10.2 Å². The maximum absolute atomic E-state index is 11.5. The Balaban J connectivity index is 2.07. The Kier molecular flexibility index (Phi) is 5.50. The Labute approximate surface area is 123 Å². The summed E-state index contributed by atoms with van der Waals surface area (Å²) >= 11 is 0. The van der Waals surface area contributed by atoms with Gasteiger partial charge < -0.3 is 15.5 Å². The molecule has 9 nitrogen and oxygen atoms in total. The number of hydrogen-bond donors (Lipinski definition) is 4. The van der Waals surface area contributed by atoms with Gasteiger partial charge in [0, 0.05) is 19.6 Å². The van der Waals surface area contributed by atoms with E-state index < -0.39 is 0 Å². The van der Waals surface area contributed by atoms with Gasteiger partial charge in [0.1, 0.15) is 0 Å². The summed E-state index contributed by atoms with van der Waals surface area (Å²) in [5, 5.41) is 5.59. The number of nitrogen functional groups attached to an aromatic ring is 1. The second-order valence-electron chi connectivity index (χ2n) is 4.78. The van der Waals surface area contributed by atoms with Gasteiger partial charge in [0.2, 0.25) is 23.8 Å². The van der Waals surface area contributed by atoms with Crippen LogP contribution in [0.1, 0.15) is 26.2 Å². The van der Waals surface area contributed by atoms with Crippen molar-refractivity contribution in [3.8, 4) is 0 Å². The van der Waals surface area contributed by atoms with Crippen LogP contribution in [0, 0.1) is 0 Å². The third kappa shape index (κ3) is 4.42. The first-order valence-electron chi connectivity index (χ1n) is 7.21. The van der Waals surface area contributed by atoms with Crippen molar-refractivity contribution in [3.05, 3.63) is 0 Å². The molecule has 9 heteroatoms. The molecule has 1 aromatic rings. The van der Waals surface area contributed by atoms with E-state index in [9.17, 15) is 4.79 Å². The molecule has 1 amide bonds. The molecule has 0 radical (unpaired) electrons. The van der Waals surface area contributed by atoms with Crippen LogP contribution in [-0.2, 0) is 4.79 Å². The topological polar surface area (TPSA) is 121 Å². The van der Waals surface area contributed by atoms with Crippen LogP contribution < -0.4 is 26.8 Å². The third-order valence-corrected chi connectivity index (χ3v) is 3.17. The number of carbonyl (C=O) groups excluding carboxylic acids is 1. The van der Waals surface area contributed by atoms with Gasteiger partial charge in [0.15, 0.2) is 0 Å². The molecule has 0 atom stereocenters. The number of likely N-dealkylation sites (N-methyl/N-ethyl adjacent to an activating group) is 1. The zero-order chi connectivity index (χ0) is 15.1. The van der Waals surface area contributed by atoms with E-state index >= 15 is 0 Å². The van der Waals surface area contributed by atoms with E-state index in [1.807, 2.05) is 6.92 Å². The summed E-state index contributed by atoms with van der Waals surface area (Å²) < 4.78 is 0. The molecule has 1 aliphatic rings. The summed E-state index contributed by atoms with van der Waals surface area (Å²) in [6, 6.07) is 0. The van der Waals surface area contributed by atoms with Crippen LogP contribution in [0.2, 0.25) is 0 Å². The Bertz CT molecular complexity index is 474. The first kappa shape index (κ1) is 15.2. The van der Waals surface area contributed by atoms with Gasteiger partial charge >= 0.3 is 0 Å². The number of nitrogens with zero attached hydrogens (tertiary/aromatic N) is 4. The molecule has 2 rings (SSSR count). The van der Waals surface area contributed by atoms with Gasteiger partial charge in [-0.2, -0.15) is 15.0 Å². The van der Waals surface area contributed by atoms with Gasteiger partial charge in [-0.1, -0.05) is 0 Å². The van der Waals surface area contributed by atoms with Crippen molar-refractivity contribution < 1.29 is 4.79 Å². The molecule has 1 fully saturated rings. The molecule has 0 aliphatic carbocycles. The van der Waals surface area contributed by atoms with Crippen LogP contribution in [0.4, 0.5) is 17.8 Å². The number of aromatic nitrogens is 3. The Morgan fingerprint density at radius 3 is 2.57 bits per heavy atom. The molecule has 2 heterocycles. The fraction of sp³-hybridized carbons (Fsp3) is 0.667. The summed E-state index contributed by atoms with van der Waals surface area (Å²) in [7, 11) is 0. The molecule has 5 N–H and O–H groups in total. The van der Waals surface area contributed by atoms with Gasteiger partial charge in [-0.15, -0.1) is 0 Å². The predicted molar refractivity (Wildman–Crippen MR) is 80.9 cm³/mol. The summed E-state index contributed by atoms with van der Waals surface area (Å²) in [5.41, 5.74) is 2.43. The van der Waals surface area contributed by atoms with Crippen molar-refractivity contribution >= 4 is 23.8 Å². The highest BCUT2D eigenvalue weighted by molar-refractivity contribution is 5.80. The molecule has 116 valence electrons. The number of anilines is 3. The number of nitrogens with one attached hydrogen (secondary N) is 3. The molecular formula is C12H22N8O. The van der Waals surface area contributed by atoms with E-state index in [1.165, 1.54) is 6.42 Å². The van der Waals surface area contributed by atoms with Crippen molar-refractivity contribution in [2.75, 3.05) is 41.8 Å². The maximum Gasteiger partial charge on any atom is 0.243 e. The molecular weight excluding hydrogens is 272 g/mol. The standard InChI is InChI=1S/C12H22N8O/c1-2-14-9(21)8-15-10-16-11(19-13)18-12(17-10)20-6-4-3-5-7-20/h2-8,13H2,1H3,(H,14,21)(H2,15,16,17,18,19). The highest BCUT2D eigenvalue weighted by Crippen LogP contribution is 2.17. The van der Waals surface area contributed by atoms with E-state index in [-0.39, 0.29) is 18.4 Å². The van der Waals surface area contributed by atoms with Gasteiger partial charge in [-0.05, 0) is 26.2 Å². The molecule has 1 aromatic heterocycles. The second kappa shape index (κ2) is 7.58.